The SMILES string of the molecule is N#CCC1(COC(=O)c2ccco2)CC1. The van der Waals surface area contributed by atoms with Crippen LogP contribution < -0.4 is 0 Å². The summed E-state index contributed by atoms with van der Waals surface area (Å²) in [6.45, 7) is 0.320. The van der Waals surface area contributed by atoms with E-state index in [1.54, 1.807) is 12.1 Å². The zero-order valence-electron chi connectivity index (χ0n) is 8.23. The lowest BCUT2D eigenvalue weighted by Crippen LogP contribution is -2.14. The maximum atomic E-state index is 11.4. The topological polar surface area (TPSA) is 63.2 Å². The van der Waals surface area contributed by atoms with Gasteiger partial charge in [0.15, 0.2) is 0 Å². The summed E-state index contributed by atoms with van der Waals surface area (Å²) in [7, 11) is 0. The predicted molar refractivity (Wildman–Crippen MR) is 50.9 cm³/mol. The van der Waals surface area contributed by atoms with Crippen molar-refractivity contribution in [1.29, 1.82) is 5.26 Å². The average molecular weight is 205 g/mol. The Labute approximate surface area is 87.4 Å². The fourth-order valence-corrected chi connectivity index (χ4v) is 1.40. The molecule has 1 saturated carbocycles. The molecule has 15 heavy (non-hydrogen) atoms. The second-order valence-corrected chi connectivity index (χ2v) is 3.89. The number of ether oxygens (including phenoxy) is 1. The quantitative estimate of drug-likeness (QED) is 0.706. The van der Waals surface area contributed by atoms with Crippen LogP contribution in [0.1, 0.15) is 29.8 Å². The van der Waals surface area contributed by atoms with Gasteiger partial charge in [0.2, 0.25) is 5.76 Å². The smallest absolute Gasteiger partial charge is 0.374 e. The molecule has 1 aliphatic carbocycles. The van der Waals surface area contributed by atoms with Gasteiger partial charge in [0.05, 0.1) is 18.9 Å². The standard InChI is InChI=1S/C11H11NO3/c12-6-5-11(3-4-11)8-15-10(13)9-2-1-7-14-9/h1-2,7H,3-5,8H2. The molecule has 0 N–H and O–H groups in total. The molecule has 1 fully saturated rings. The fourth-order valence-electron chi connectivity index (χ4n) is 1.40. The minimum atomic E-state index is -0.454. The van der Waals surface area contributed by atoms with Gasteiger partial charge in [0, 0.05) is 11.8 Å². The number of carbonyl (C=O) groups excluding carboxylic acids is 1. The molecule has 1 aromatic rings. The van der Waals surface area contributed by atoms with E-state index >= 15 is 0 Å². The highest BCUT2D eigenvalue weighted by Crippen LogP contribution is 2.48. The summed E-state index contributed by atoms with van der Waals surface area (Å²) in [6.07, 6.45) is 3.81. The van der Waals surface area contributed by atoms with Crippen molar-refractivity contribution in [3.63, 3.8) is 0 Å². The lowest BCUT2D eigenvalue weighted by Gasteiger charge is -2.10. The predicted octanol–water partition coefficient (Wildman–Crippen LogP) is 2.13. The van der Waals surface area contributed by atoms with Crippen molar-refractivity contribution >= 4 is 5.97 Å². The number of furan rings is 1. The normalized spacial score (nSPS) is 16.7. The first-order chi connectivity index (χ1) is 7.26. The van der Waals surface area contributed by atoms with Crippen molar-refractivity contribution in [2.45, 2.75) is 19.3 Å². The van der Waals surface area contributed by atoms with Crippen molar-refractivity contribution in [3.05, 3.63) is 24.2 Å². The molecule has 4 nitrogen and oxygen atoms in total. The highest BCUT2D eigenvalue weighted by Gasteiger charge is 2.43. The lowest BCUT2D eigenvalue weighted by molar-refractivity contribution is 0.0383. The van der Waals surface area contributed by atoms with Crippen molar-refractivity contribution in [3.8, 4) is 6.07 Å². The van der Waals surface area contributed by atoms with Crippen molar-refractivity contribution in [2.75, 3.05) is 6.61 Å². The molecule has 1 aliphatic rings. The summed E-state index contributed by atoms with van der Waals surface area (Å²) < 4.78 is 9.98. The van der Waals surface area contributed by atoms with Crippen molar-refractivity contribution in [2.24, 2.45) is 5.41 Å². The molecule has 0 atom stereocenters. The number of nitriles is 1. The van der Waals surface area contributed by atoms with Crippen LogP contribution in [0.25, 0.3) is 0 Å². The molecule has 78 valence electrons. The zero-order valence-corrected chi connectivity index (χ0v) is 8.23. The van der Waals surface area contributed by atoms with Crippen molar-refractivity contribution in [1.82, 2.24) is 0 Å². The number of hydrogen-bond acceptors (Lipinski definition) is 4. The summed E-state index contributed by atoms with van der Waals surface area (Å²) in [4.78, 5) is 11.4. The number of nitrogens with zero attached hydrogens (tertiary/aromatic N) is 1. The van der Waals surface area contributed by atoms with E-state index in [4.69, 9.17) is 14.4 Å². The van der Waals surface area contributed by atoms with Crippen LogP contribution in [0, 0.1) is 16.7 Å². The Hall–Kier alpha value is -1.76. The number of hydrogen-bond donors (Lipinski definition) is 0. The van der Waals surface area contributed by atoms with Crippen LogP contribution in [0.5, 0.6) is 0 Å². The summed E-state index contributed by atoms with van der Waals surface area (Å²) in [5.41, 5.74) is -0.0724. The van der Waals surface area contributed by atoms with Crippen LogP contribution in [-0.2, 0) is 4.74 Å². The van der Waals surface area contributed by atoms with E-state index in [9.17, 15) is 4.79 Å². The second-order valence-electron chi connectivity index (χ2n) is 3.89. The molecule has 0 aliphatic heterocycles. The lowest BCUT2D eigenvalue weighted by atomic mass is 10.1. The molecule has 1 aromatic heterocycles. The van der Waals surface area contributed by atoms with Gasteiger partial charge in [-0.05, 0) is 25.0 Å². The Morgan fingerprint density at radius 3 is 3.00 bits per heavy atom. The molecule has 4 heteroatoms. The van der Waals surface area contributed by atoms with E-state index in [0.717, 1.165) is 12.8 Å². The third-order valence-corrected chi connectivity index (χ3v) is 2.64. The van der Waals surface area contributed by atoms with Crippen LogP contribution in [0.15, 0.2) is 22.8 Å². The van der Waals surface area contributed by atoms with Gasteiger partial charge in [-0.15, -0.1) is 0 Å². The average Bonchev–Trinajstić information content (AvgIpc) is 2.81. The van der Waals surface area contributed by atoms with Crippen LogP contribution in [0.2, 0.25) is 0 Å². The minimum Gasteiger partial charge on any atom is -0.459 e. The van der Waals surface area contributed by atoms with Crippen LogP contribution in [-0.4, -0.2) is 12.6 Å². The Bertz CT molecular complexity index is 384. The summed E-state index contributed by atoms with van der Waals surface area (Å²) >= 11 is 0. The highest BCUT2D eigenvalue weighted by molar-refractivity contribution is 5.86. The van der Waals surface area contributed by atoms with Gasteiger partial charge in [-0.1, -0.05) is 0 Å². The summed E-state index contributed by atoms with van der Waals surface area (Å²) in [5, 5.41) is 8.58. The first-order valence-electron chi connectivity index (χ1n) is 4.83. The minimum absolute atomic E-state index is 0.0724. The maximum absolute atomic E-state index is 11.4. The van der Waals surface area contributed by atoms with E-state index in [-0.39, 0.29) is 11.2 Å². The molecule has 0 aromatic carbocycles. The number of rotatable bonds is 4. The van der Waals surface area contributed by atoms with Gasteiger partial charge in [-0.2, -0.15) is 5.26 Å². The van der Waals surface area contributed by atoms with Gasteiger partial charge in [-0.3, -0.25) is 0 Å². The maximum Gasteiger partial charge on any atom is 0.374 e. The van der Waals surface area contributed by atoms with Crippen molar-refractivity contribution < 1.29 is 13.9 Å². The fraction of sp³-hybridized carbons (Fsp3) is 0.455. The van der Waals surface area contributed by atoms with Gasteiger partial charge >= 0.3 is 5.97 Å². The van der Waals surface area contributed by atoms with Gasteiger partial charge in [-0.25, -0.2) is 4.79 Å². The summed E-state index contributed by atoms with van der Waals surface area (Å²) in [6, 6.07) is 5.31. The Kier molecular flexibility index (Phi) is 2.46. The summed E-state index contributed by atoms with van der Waals surface area (Å²) in [5.74, 6) is -0.244. The van der Waals surface area contributed by atoms with Gasteiger partial charge in [0.1, 0.15) is 0 Å². The zero-order chi connectivity index (χ0) is 10.7. The molecule has 0 spiro atoms. The van der Waals surface area contributed by atoms with E-state index in [1.165, 1.54) is 6.26 Å². The first-order valence-corrected chi connectivity index (χ1v) is 4.83. The molecule has 0 unspecified atom stereocenters. The van der Waals surface area contributed by atoms with E-state index in [0.29, 0.717) is 13.0 Å². The monoisotopic (exact) mass is 205 g/mol. The first kappa shape index (κ1) is 9.78. The Morgan fingerprint density at radius 1 is 1.67 bits per heavy atom. The largest absolute Gasteiger partial charge is 0.459 e. The third-order valence-electron chi connectivity index (χ3n) is 2.64. The van der Waals surface area contributed by atoms with Crippen LogP contribution in [0.4, 0.5) is 0 Å². The van der Waals surface area contributed by atoms with E-state index < -0.39 is 5.97 Å². The molecule has 0 saturated heterocycles. The van der Waals surface area contributed by atoms with Crippen LogP contribution >= 0.6 is 0 Å². The molecule has 0 amide bonds. The Morgan fingerprint density at radius 2 is 2.47 bits per heavy atom. The van der Waals surface area contributed by atoms with Gasteiger partial charge in [0.25, 0.3) is 0 Å². The molecular weight excluding hydrogens is 194 g/mol. The van der Waals surface area contributed by atoms with Gasteiger partial charge < -0.3 is 9.15 Å². The highest BCUT2D eigenvalue weighted by atomic mass is 16.5. The molecule has 0 radical (unpaired) electrons. The van der Waals surface area contributed by atoms with E-state index in [1.807, 2.05) is 0 Å². The molecular formula is C11H11NO3. The molecule has 0 bridgehead atoms. The Balaban J connectivity index is 1.84. The number of esters is 1. The molecule has 2 rings (SSSR count). The number of carbonyl (C=O) groups is 1. The van der Waals surface area contributed by atoms with E-state index in [2.05, 4.69) is 6.07 Å². The second kappa shape index (κ2) is 3.77. The third kappa shape index (κ3) is 2.18. The molecule has 1 heterocycles. The van der Waals surface area contributed by atoms with Crippen LogP contribution in [0.3, 0.4) is 0 Å².